The SMILES string of the molecule is CCCCc1ccsc1[N]. The molecule has 1 rings (SSSR count). The summed E-state index contributed by atoms with van der Waals surface area (Å²) in [5, 5.41) is 2.42. The lowest BCUT2D eigenvalue weighted by Crippen LogP contribution is -1.80. The summed E-state index contributed by atoms with van der Waals surface area (Å²) in [5.41, 5.74) is 10.3. The van der Waals surface area contributed by atoms with Gasteiger partial charge in [0.25, 0.3) is 0 Å². The van der Waals surface area contributed by atoms with Crippen molar-refractivity contribution in [2.24, 2.45) is 0 Å². The summed E-state index contributed by atoms with van der Waals surface area (Å²) in [7, 11) is 0. The largest absolute Gasteiger partial charge is 0.142 e. The Kier molecular flexibility index (Phi) is 2.75. The van der Waals surface area contributed by atoms with Crippen LogP contribution < -0.4 is 5.73 Å². The molecule has 0 N–H and O–H groups in total. The van der Waals surface area contributed by atoms with Gasteiger partial charge in [-0.2, -0.15) is 0 Å². The highest BCUT2D eigenvalue weighted by molar-refractivity contribution is 7.13. The summed E-state index contributed by atoms with van der Waals surface area (Å²) in [6.07, 6.45) is 3.38. The molecule has 0 fully saturated rings. The van der Waals surface area contributed by atoms with E-state index in [0.29, 0.717) is 5.00 Å². The third-order valence-electron chi connectivity index (χ3n) is 1.52. The molecule has 1 aromatic heterocycles. The topological polar surface area (TPSA) is 22.3 Å². The van der Waals surface area contributed by atoms with Crippen LogP contribution in [0.5, 0.6) is 0 Å². The Hall–Kier alpha value is -0.500. The van der Waals surface area contributed by atoms with E-state index in [2.05, 4.69) is 6.92 Å². The van der Waals surface area contributed by atoms with Gasteiger partial charge < -0.3 is 0 Å². The normalized spacial score (nSPS) is 10.1. The second-order valence-electron chi connectivity index (χ2n) is 2.35. The molecule has 1 aromatic rings. The fourth-order valence-electron chi connectivity index (χ4n) is 0.885. The molecule has 2 radical (unpaired) electrons. The monoisotopic (exact) mass is 153 g/mol. The number of thiophene rings is 1. The van der Waals surface area contributed by atoms with Crippen LogP contribution in [-0.4, -0.2) is 0 Å². The molecular formula is C8H11NS. The number of aryl methyl sites for hydroxylation is 1. The molecule has 0 saturated heterocycles. The first-order valence-electron chi connectivity index (χ1n) is 3.60. The van der Waals surface area contributed by atoms with Crippen LogP contribution in [0.1, 0.15) is 25.3 Å². The van der Waals surface area contributed by atoms with Crippen molar-refractivity contribution in [2.75, 3.05) is 0 Å². The van der Waals surface area contributed by atoms with Crippen LogP contribution >= 0.6 is 11.3 Å². The van der Waals surface area contributed by atoms with Crippen molar-refractivity contribution in [3.8, 4) is 0 Å². The van der Waals surface area contributed by atoms with Gasteiger partial charge in [0.1, 0.15) is 5.00 Å². The highest BCUT2D eigenvalue weighted by Crippen LogP contribution is 2.22. The van der Waals surface area contributed by atoms with Crippen LogP contribution in [0.15, 0.2) is 11.4 Å². The highest BCUT2D eigenvalue weighted by atomic mass is 32.1. The standard InChI is InChI=1S/C8H11NS/c1-2-3-4-7-5-6-10-8(7)9/h5-6H,2-4H2,1H3. The van der Waals surface area contributed by atoms with Crippen LogP contribution in [0, 0.1) is 0 Å². The van der Waals surface area contributed by atoms with E-state index in [1.165, 1.54) is 24.2 Å². The van der Waals surface area contributed by atoms with E-state index >= 15 is 0 Å². The van der Waals surface area contributed by atoms with Crippen LogP contribution in [0.2, 0.25) is 0 Å². The quantitative estimate of drug-likeness (QED) is 0.637. The Morgan fingerprint density at radius 3 is 2.90 bits per heavy atom. The van der Waals surface area contributed by atoms with Gasteiger partial charge in [-0.3, -0.25) is 0 Å². The Morgan fingerprint density at radius 1 is 1.60 bits per heavy atom. The maximum atomic E-state index is 9.20. The molecule has 0 amide bonds. The smallest absolute Gasteiger partial charge is 0.138 e. The average Bonchev–Trinajstić information content (AvgIpc) is 2.31. The van der Waals surface area contributed by atoms with Crippen molar-refractivity contribution < 1.29 is 0 Å². The Bertz CT molecular complexity index is 193. The van der Waals surface area contributed by atoms with E-state index in [-0.39, 0.29) is 0 Å². The maximum absolute atomic E-state index is 9.20. The zero-order valence-corrected chi connectivity index (χ0v) is 6.95. The van der Waals surface area contributed by atoms with Gasteiger partial charge in [-0.15, -0.1) is 17.1 Å². The van der Waals surface area contributed by atoms with E-state index < -0.39 is 0 Å². The zero-order chi connectivity index (χ0) is 7.40. The minimum atomic E-state index is 0.494. The number of hydrogen-bond acceptors (Lipinski definition) is 1. The Morgan fingerprint density at radius 2 is 2.40 bits per heavy atom. The number of unbranched alkanes of at least 4 members (excludes halogenated alkanes) is 1. The molecule has 1 heterocycles. The van der Waals surface area contributed by atoms with Gasteiger partial charge in [0.2, 0.25) is 0 Å². The number of hydrogen-bond donors (Lipinski definition) is 0. The summed E-state index contributed by atoms with van der Waals surface area (Å²) >= 11 is 1.41. The molecule has 0 saturated carbocycles. The molecule has 10 heavy (non-hydrogen) atoms. The molecular weight excluding hydrogens is 142 g/mol. The van der Waals surface area contributed by atoms with E-state index in [1.54, 1.807) is 0 Å². The Labute approximate surface area is 65.9 Å². The molecule has 0 aliphatic rings. The first kappa shape index (κ1) is 7.61. The molecule has 0 aliphatic carbocycles. The summed E-state index contributed by atoms with van der Waals surface area (Å²) in [6.45, 7) is 2.16. The van der Waals surface area contributed by atoms with Crippen molar-refractivity contribution in [1.82, 2.24) is 5.73 Å². The van der Waals surface area contributed by atoms with Crippen LogP contribution in [0.25, 0.3) is 0 Å². The predicted molar refractivity (Wildman–Crippen MR) is 44.7 cm³/mol. The van der Waals surface area contributed by atoms with Gasteiger partial charge in [0.05, 0.1) is 0 Å². The molecule has 0 bridgehead atoms. The van der Waals surface area contributed by atoms with Crippen molar-refractivity contribution >= 4 is 16.3 Å². The first-order valence-corrected chi connectivity index (χ1v) is 4.48. The van der Waals surface area contributed by atoms with Crippen LogP contribution in [0.3, 0.4) is 0 Å². The van der Waals surface area contributed by atoms with Crippen molar-refractivity contribution in [1.29, 1.82) is 0 Å². The fraction of sp³-hybridized carbons (Fsp3) is 0.500. The molecule has 0 atom stereocenters. The van der Waals surface area contributed by atoms with Crippen molar-refractivity contribution in [2.45, 2.75) is 26.2 Å². The minimum absolute atomic E-state index is 0.494. The summed E-state index contributed by atoms with van der Waals surface area (Å²) in [4.78, 5) is 0. The highest BCUT2D eigenvalue weighted by Gasteiger charge is 1.99. The number of nitrogens with zero attached hydrogens (tertiary/aromatic N) is 1. The van der Waals surface area contributed by atoms with E-state index in [1.807, 2.05) is 11.4 Å². The lowest BCUT2D eigenvalue weighted by atomic mass is 10.1. The van der Waals surface area contributed by atoms with Crippen LogP contribution in [-0.2, 0) is 6.42 Å². The van der Waals surface area contributed by atoms with Gasteiger partial charge in [-0.05, 0) is 29.9 Å². The van der Waals surface area contributed by atoms with Gasteiger partial charge in [0, 0.05) is 0 Å². The maximum Gasteiger partial charge on any atom is 0.142 e. The van der Waals surface area contributed by atoms with Gasteiger partial charge in [0.15, 0.2) is 0 Å². The summed E-state index contributed by atoms with van der Waals surface area (Å²) in [5.74, 6) is 0. The third-order valence-corrected chi connectivity index (χ3v) is 2.28. The average molecular weight is 153 g/mol. The Balaban J connectivity index is 2.49. The van der Waals surface area contributed by atoms with E-state index in [9.17, 15) is 5.73 Å². The third kappa shape index (κ3) is 1.74. The lowest BCUT2D eigenvalue weighted by molar-refractivity contribution is 0.797. The predicted octanol–water partition coefficient (Wildman–Crippen LogP) is 2.79. The second kappa shape index (κ2) is 3.62. The molecule has 1 nitrogen and oxygen atoms in total. The molecule has 0 spiro atoms. The van der Waals surface area contributed by atoms with Crippen LogP contribution in [0.4, 0.5) is 5.00 Å². The summed E-state index contributed by atoms with van der Waals surface area (Å²) in [6, 6.07) is 2.00. The first-order chi connectivity index (χ1) is 4.84. The molecule has 0 aromatic carbocycles. The van der Waals surface area contributed by atoms with Gasteiger partial charge >= 0.3 is 0 Å². The van der Waals surface area contributed by atoms with E-state index in [0.717, 1.165) is 12.0 Å². The molecule has 0 aliphatic heterocycles. The lowest BCUT2D eigenvalue weighted by Gasteiger charge is -1.93. The fourth-order valence-corrected chi connectivity index (χ4v) is 1.57. The van der Waals surface area contributed by atoms with Crippen molar-refractivity contribution in [3.05, 3.63) is 17.0 Å². The zero-order valence-electron chi connectivity index (χ0n) is 6.13. The second-order valence-corrected chi connectivity index (χ2v) is 3.25. The number of rotatable bonds is 3. The molecule has 54 valence electrons. The summed E-state index contributed by atoms with van der Waals surface area (Å²) < 4.78 is 0. The van der Waals surface area contributed by atoms with Gasteiger partial charge in [-0.25, -0.2) is 0 Å². The van der Waals surface area contributed by atoms with Gasteiger partial charge in [-0.1, -0.05) is 13.3 Å². The van der Waals surface area contributed by atoms with Crippen molar-refractivity contribution in [3.63, 3.8) is 0 Å². The molecule has 0 unspecified atom stereocenters. The minimum Gasteiger partial charge on any atom is -0.138 e. The molecule has 2 heteroatoms. The van der Waals surface area contributed by atoms with E-state index in [4.69, 9.17) is 0 Å².